The first kappa shape index (κ1) is 23.0. The van der Waals surface area contributed by atoms with E-state index in [-0.39, 0.29) is 0 Å². The maximum absolute atomic E-state index is 4.86. The second-order valence-corrected chi connectivity index (χ2v) is 12.5. The zero-order valence-corrected chi connectivity index (χ0v) is 23.5. The first-order valence-electron chi connectivity index (χ1n) is 13.7. The number of aromatic nitrogens is 2. The van der Waals surface area contributed by atoms with Crippen molar-refractivity contribution >= 4 is 74.9 Å². The van der Waals surface area contributed by atoms with Gasteiger partial charge in [0.1, 0.15) is 5.01 Å². The Hall–Kier alpha value is -4.77. The lowest BCUT2D eigenvalue weighted by Crippen LogP contribution is -1.93. The number of thiophene rings is 1. The zero-order valence-electron chi connectivity index (χ0n) is 21.9. The molecule has 6 aromatic carbocycles. The number of benzene rings is 6. The van der Waals surface area contributed by atoms with Crippen LogP contribution in [0.1, 0.15) is 0 Å². The summed E-state index contributed by atoms with van der Waals surface area (Å²) in [6.45, 7) is 0. The van der Waals surface area contributed by atoms with E-state index in [1.54, 1.807) is 11.3 Å². The number of hydrogen-bond acceptors (Lipinski definition) is 3. The van der Waals surface area contributed by atoms with Crippen LogP contribution < -0.4 is 0 Å². The summed E-state index contributed by atoms with van der Waals surface area (Å²) < 4.78 is 6.27. The van der Waals surface area contributed by atoms with Gasteiger partial charge >= 0.3 is 0 Å². The van der Waals surface area contributed by atoms with Crippen molar-refractivity contribution in [1.29, 1.82) is 0 Å². The Bertz CT molecular complexity index is 2390. The number of nitrogens with zero attached hydrogens (tertiary/aromatic N) is 2. The van der Waals surface area contributed by atoms with Crippen LogP contribution in [0.5, 0.6) is 0 Å². The van der Waals surface area contributed by atoms with Gasteiger partial charge in [0, 0.05) is 42.2 Å². The van der Waals surface area contributed by atoms with Crippen LogP contribution in [0, 0.1) is 0 Å². The molecule has 0 N–H and O–H groups in total. The Morgan fingerprint density at radius 3 is 1.93 bits per heavy atom. The Labute approximate surface area is 244 Å². The van der Waals surface area contributed by atoms with Crippen molar-refractivity contribution in [3.05, 3.63) is 133 Å². The van der Waals surface area contributed by atoms with Gasteiger partial charge in [-0.3, -0.25) is 0 Å². The fourth-order valence-electron chi connectivity index (χ4n) is 6.09. The molecule has 0 spiro atoms. The molecule has 0 aliphatic rings. The molecule has 9 rings (SSSR count). The van der Waals surface area contributed by atoms with E-state index in [9.17, 15) is 0 Å². The minimum Gasteiger partial charge on any atom is -0.309 e. The molecule has 0 atom stereocenters. The highest BCUT2D eigenvalue weighted by Gasteiger charge is 2.15. The van der Waals surface area contributed by atoms with Crippen molar-refractivity contribution in [2.75, 3.05) is 0 Å². The van der Waals surface area contributed by atoms with Gasteiger partial charge in [0.05, 0.1) is 21.3 Å². The first-order chi connectivity index (χ1) is 20.3. The lowest BCUT2D eigenvalue weighted by Gasteiger charge is -2.09. The van der Waals surface area contributed by atoms with Gasteiger partial charge in [-0.25, -0.2) is 4.98 Å². The van der Waals surface area contributed by atoms with Gasteiger partial charge in [-0.2, -0.15) is 0 Å². The monoisotopic (exact) mass is 558 g/mol. The Kier molecular flexibility index (Phi) is 4.97. The molecule has 0 amide bonds. The number of para-hydroxylation sites is 2. The normalized spacial score (nSPS) is 11.9. The summed E-state index contributed by atoms with van der Waals surface area (Å²) in [5.41, 5.74) is 8.27. The molecule has 0 aliphatic carbocycles. The number of thiazole rings is 1. The zero-order chi connectivity index (χ0) is 26.9. The summed E-state index contributed by atoms with van der Waals surface area (Å²) in [7, 11) is 0. The highest BCUT2D eigenvalue weighted by atomic mass is 32.1. The Balaban J connectivity index is 1.18. The summed E-state index contributed by atoms with van der Waals surface area (Å²) in [5, 5.41) is 6.26. The SMILES string of the molecule is c1ccc2sc(-c3ccc(-n4c5ccccc5c5cc(-c6ccc7sc8ccccc8c7c6)ccc54)cc3)nc2c1. The van der Waals surface area contributed by atoms with Gasteiger partial charge in [0.25, 0.3) is 0 Å². The third-order valence-electron chi connectivity index (χ3n) is 8.05. The van der Waals surface area contributed by atoms with Crippen LogP contribution >= 0.6 is 22.7 Å². The molecule has 0 saturated heterocycles. The molecule has 41 heavy (non-hydrogen) atoms. The number of rotatable bonds is 3. The van der Waals surface area contributed by atoms with E-state index in [2.05, 4.69) is 132 Å². The predicted octanol–water partition coefficient (Wildman–Crippen LogP) is 11.1. The van der Waals surface area contributed by atoms with Crippen molar-refractivity contribution in [1.82, 2.24) is 9.55 Å². The smallest absolute Gasteiger partial charge is 0.124 e. The van der Waals surface area contributed by atoms with E-state index in [1.165, 1.54) is 57.8 Å². The topological polar surface area (TPSA) is 17.8 Å². The van der Waals surface area contributed by atoms with E-state index >= 15 is 0 Å². The molecule has 3 heterocycles. The van der Waals surface area contributed by atoms with Gasteiger partial charge in [-0.15, -0.1) is 22.7 Å². The lowest BCUT2D eigenvalue weighted by molar-refractivity contribution is 1.18. The molecule has 2 nitrogen and oxygen atoms in total. The molecule has 0 fully saturated rings. The van der Waals surface area contributed by atoms with Crippen molar-refractivity contribution < 1.29 is 0 Å². The van der Waals surface area contributed by atoms with Gasteiger partial charge in [-0.05, 0) is 83.9 Å². The fourth-order valence-corrected chi connectivity index (χ4v) is 8.14. The van der Waals surface area contributed by atoms with Crippen LogP contribution in [-0.2, 0) is 0 Å². The van der Waals surface area contributed by atoms with E-state index in [1.807, 2.05) is 17.4 Å². The van der Waals surface area contributed by atoms with Crippen LogP contribution in [0.4, 0.5) is 0 Å². The van der Waals surface area contributed by atoms with Gasteiger partial charge < -0.3 is 4.57 Å². The van der Waals surface area contributed by atoms with Crippen molar-refractivity contribution in [2.24, 2.45) is 0 Å². The second-order valence-electron chi connectivity index (χ2n) is 10.4. The molecule has 0 radical (unpaired) electrons. The van der Waals surface area contributed by atoms with Crippen molar-refractivity contribution in [3.63, 3.8) is 0 Å². The quantitative estimate of drug-likeness (QED) is 0.211. The third kappa shape index (κ3) is 3.58. The summed E-state index contributed by atoms with van der Waals surface area (Å²) in [4.78, 5) is 4.86. The molecule has 0 saturated carbocycles. The maximum Gasteiger partial charge on any atom is 0.124 e. The van der Waals surface area contributed by atoms with Gasteiger partial charge in [0.15, 0.2) is 0 Å². The fraction of sp³-hybridized carbons (Fsp3) is 0. The van der Waals surface area contributed by atoms with Crippen molar-refractivity contribution in [2.45, 2.75) is 0 Å². The van der Waals surface area contributed by atoms with Gasteiger partial charge in [-0.1, -0.05) is 60.7 Å². The van der Waals surface area contributed by atoms with E-state index in [0.717, 1.165) is 21.8 Å². The highest BCUT2D eigenvalue weighted by Crippen LogP contribution is 2.39. The average Bonchev–Trinajstić information content (AvgIpc) is 3.72. The largest absolute Gasteiger partial charge is 0.309 e. The van der Waals surface area contributed by atoms with Crippen LogP contribution in [-0.4, -0.2) is 9.55 Å². The van der Waals surface area contributed by atoms with Crippen LogP contribution in [0.2, 0.25) is 0 Å². The first-order valence-corrected chi connectivity index (χ1v) is 15.3. The number of hydrogen-bond donors (Lipinski definition) is 0. The second kappa shape index (κ2) is 8.87. The molecule has 9 aromatic rings. The molecular weight excluding hydrogens is 537 g/mol. The average molecular weight is 559 g/mol. The van der Waals surface area contributed by atoms with Gasteiger partial charge in [0.2, 0.25) is 0 Å². The molecule has 0 unspecified atom stereocenters. The Morgan fingerprint density at radius 2 is 1.07 bits per heavy atom. The number of fused-ring (bicyclic) bond motifs is 7. The van der Waals surface area contributed by atoms with Crippen LogP contribution in [0.25, 0.3) is 79.6 Å². The molecule has 192 valence electrons. The summed E-state index contributed by atoms with van der Waals surface area (Å²) >= 11 is 3.61. The van der Waals surface area contributed by atoms with E-state index < -0.39 is 0 Å². The van der Waals surface area contributed by atoms with Crippen LogP contribution in [0.15, 0.2) is 133 Å². The lowest BCUT2D eigenvalue weighted by atomic mass is 10.0. The van der Waals surface area contributed by atoms with Crippen LogP contribution in [0.3, 0.4) is 0 Å². The minimum absolute atomic E-state index is 1.06. The predicted molar refractivity (Wildman–Crippen MR) is 178 cm³/mol. The third-order valence-corrected chi connectivity index (χ3v) is 10.3. The molecule has 0 bridgehead atoms. The van der Waals surface area contributed by atoms with E-state index in [0.29, 0.717) is 0 Å². The molecule has 4 heteroatoms. The van der Waals surface area contributed by atoms with E-state index in [4.69, 9.17) is 4.98 Å². The standard InChI is InChI=1S/C37H22N2S2/c1-4-10-32-27(7-1)29-21-24(25-16-20-35-30(22-25)28-8-2-5-11-34(28)40-35)15-19-33(29)39(32)26-17-13-23(14-18-26)37-38-31-9-3-6-12-36(31)41-37/h1-22H. The Morgan fingerprint density at radius 1 is 0.439 bits per heavy atom. The highest BCUT2D eigenvalue weighted by molar-refractivity contribution is 7.25. The maximum atomic E-state index is 4.86. The van der Waals surface area contributed by atoms with Crippen molar-refractivity contribution in [3.8, 4) is 27.4 Å². The summed E-state index contributed by atoms with van der Waals surface area (Å²) in [5.74, 6) is 0. The molecule has 0 aliphatic heterocycles. The minimum atomic E-state index is 1.06. The summed E-state index contributed by atoms with van der Waals surface area (Å²) in [6.07, 6.45) is 0. The molecular formula is C37H22N2S2. The summed E-state index contributed by atoms with van der Waals surface area (Å²) in [6, 6.07) is 48.4. The molecule has 3 aromatic heterocycles.